The highest BCUT2D eigenvalue weighted by molar-refractivity contribution is 6.03. The van der Waals surface area contributed by atoms with Crippen LogP contribution in [0.4, 0.5) is 5.69 Å². The standard InChI is InChI=1S/C37H47N3O6/c1-8-20-38(24(4)5)35(44)32-37-22-25(6)36(7,46-37)30(31(37)34(43)40(32)29(23-41)26-14-12-11-13-15-26)33(42)39(21-9-2)27-16-18-28(19-17-27)45-10-3/h8-9,11-19,24-25,29-32,41H,1-2,10,20-23H2,3-7H3/t25?,29-,30+,31+,32?,36-,37?/m1/s1. The summed E-state index contributed by atoms with van der Waals surface area (Å²) in [6.45, 7) is 18.1. The molecule has 2 aromatic carbocycles. The van der Waals surface area contributed by atoms with Crippen LogP contribution in [0, 0.1) is 17.8 Å². The Morgan fingerprint density at radius 1 is 1.09 bits per heavy atom. The Balaban J connectivity index is 1.65. The fraction of sp³-hybridized carbons (Fsp3) is 0.486. The molecule has 1 N–H and O–H groups in total. The molecule has 3 saturated heterocycles. The van der Waals surface area contributed by atoms with Crippen molar-refractivity contribution in [1.29, 1.82) is 0 Å². The molecule has 0 radical (unpaired) electrons. The summed E-state index contributed by atoms with van der Waals surface area (Å²) in [7, 11) is 0. The Kier molecular flexibility index (Phi) is 9.47. The molecule has 0 aromatic heterocycles. The van der Waals surface area contributed by atoms with E-state index >= 15 is 0 Å². The van der Waals surface area contributed by atoms with Crippen molar-refractivity contribution < 1.29 is 29.0 Å². The number of amides is 3. The Morgan fingerprint density at radius 3 is 2.30 bits per heavy atom. The molecule has 9 heteroatoms. The Hall–Kier alpha value is -3.95. The van der Waals surface area contributed by atoms with Gasteiger partial charge in [0.2, 0.25) is 17.7 Å². The number of carbonyl (C=O) groups excluding carboxylic acids is 3. The zero-order valence-corrected chi connectivity index (χ0v) is 27.6. The van der Waals surface area contributed by atoms with Crippen LogP contribution in [0.2, 0.25) is 0 Å². The third-order valence-electron chi connectivity index (χ3n) is 10.2. The van der Waals surface area contributed by atoms with Crippen molar-refractivity contribution in [3.05, 3.63) is 85.5 Å². The van der Waals surface area contributed by atoms with E-state index in [2.05, 4.69) is 13.2 Å². The zero-order valence-electron chi connectivity index (χ0n) is 27.6. The highest BCUT2D eigenvalue weighted by Crippen LogP contribution is 2.66. The quantitative estimate of drug-likeness (QED) is 0.321. The molecule has 0 saturated carbocycles. The number of carbonyl (C=O) groups is 3. The topological polar surface area (TPSA) is 99.6 Å². The molecule has 3 aliphatic rings. The molecular formula is C37H47N3O6. The van der Waals surface area contributed by atoms with E-state index in [0.29, 0.717) is 30.0 Å². The number of ether oxygens (including phenoxy) is 2. The van der Waals surface area contributed by atoms with Crippen LogP contribution in [-0.2, 0) is 19.1 Å². The van der Waals surface area contributed by atoms with E-state index in [-0.39, 0.29) is 42.8 Å². The van der Waals surface area contributed by atoms with Crippen LogP contribution in [0.1, 0.15) is 52.6 Å². The van der Waals surface area contributed by atoms with Gasteiger partial charge in [-0.25, -0.2) is 0 Å². The van der Waals surface area contributed by atoms with E-state index in [4.69, 9.17) is 9.47 Å². The van der Waals surface area contributed by atoms with E-state index in [1.807, 2.05) is 89.2 Å². The summed E-state index contributed by atoms with van der Waals surface area (Å²) in [5, 5.41) is 10.8. The van der Waals surface area contributed by atoms with Crippen LogP contribution in [0.25, 0.3) is 0 Å². The van der Waals surface area contributed by atoms with Gasteiger partial charge in [-0.15, -0.1) is 13.2 Å². The average Bonchev–Trinajstić information content (AvgIpc) is 3.56. The molecule has 0 aliphatic carbocycles. The predicted octanol–water partition coefficient (Wildman–Crippen LogP) is 4.77. The Bertz CT molecular complexity index is 1460. The first-order chi connectivity index (χ1) is 22.0. The molecule has 3 unspecified atom stereocenters. The van der Waals surface area contributed by atoms with E-state index in [1.165, 1.54) is 4.90 Å². The number of anilines is 1. The minimum Gasteiger partial charge on any atom is -0.494 e. The summed E-state index contributed by atoms with van der Waals surface area (Å²) in [5.74, 6) is -2.16. The number of fused-ring (bicyclic) bond motifs is 1. The molecule has 7 atom stereocenters. The zero-order chi connectivity index (χ0) is 33.4. The van der Waals surface area contributed by atoms with Gasteiger partial charge >= 0.3 is 0 Å². The maximum absolute atomic E-state index is 14.9. The van der Waals surface area contributed by atoms with E-state index in [1.54, 1.807) is 22.0 Å². The number of aliphatic hydroxyl groups excluding tert-OH is 1. The lowest BCUT2D eigenvalue weighted by molar-refractivity contribution is -0.156. The second kappa shape index (κ2) is 13.0. The summed E-state index contributed by atoms with van der Waals surface area (Å²) in [5.41, 5.74) is -0.926. The smallest absolute Gasteiger partial charge is 0.248 e. The van der Waals surface area contributed by atoms with Gasteiger partial charge in [0, 0.05) is 24.8 Å². The third-order valence-corrected chi connectivity index (χ3v) is 10.2. The van der Waals surface area contributed by atoms with Crippen LogP contribution in [0.3, 0.4) is 0 Å². The van der Waals surface area contributed by atoms with Crippen LogP contribution >= 0.6 is 0 Å². The summed E-state index contributed by atoms with van der Waals surface area (Å²) in [6.07, 6.45) is 3.75. The van der Waals surface area contributed by atoms with Crippen molar-refractivity contribution >= 4 is 23.4 Å². The fourth-order valence-corrected chi connectivity index (χ4v) is 8.06. The van der Waals surface area contributed by atoms with Gasteiger partial charge in [-0.3, -0.25) is 14.4 Å². The van der Waals surface area contributed by atoms with Crippen molar-refractivity contribution in [3.8, 4) is 5.75 Å². The number of nitrogens with zero attached hydrogens (tertiary/aromatic N) is 3. The SMILES string of the molecule is C=CCN(C(=O)[C@@H]1[C@H]2C(=O)N([C@H](CO)c3ccccc3)C(C(=O)N(CC=C)C(C)C)C23CC(C)[C@@]1(C)O3)c1ccc(OCC)cc1. The van der Waals surface area contributed by atoms with E-state index in [9.17, 15) is 19.5 Å². The molecule has 3 heterocycles. The molecule has 46 heavy (non-hydrogen) atoms. The highest BCUT2D eigenvalue weighted by Gasteiger charge is 2.80. The molecule has 2 aromatic rings. The largest absolute Gasteiger partial charge is 0.494 e. The molecule has 3 aliphatic heterocycles. The molecule has 246 valence electrons. The first-order valence-corrected chi connectivity index (χ1v) is 16.2. The van der Waals surface area contributed by atoms with Crippen molar-refractivity contribution in [2.75, 3.05) is 31.2 Å². The third kappa shape index (κ3) is 5.23. The van der Waals surface area contributed by atoms with Crippen molar-refractivity contribution in [2.45, 2.75) is 70.4 Å². The summed E-state index contributed by atoms with van der Waals surface area (Å²) >= 11 is 0. The van der Waals surface area contributed by atoms with Crippen LogP contribution in [0.5, 0.6) is 5.75 Å². The maximum atomic E-state index is 14.9. The van der Waals surface area contributed by atoms with Gasteiger partial charge in [0.15, 0.2) is 0 Å². The number of hydrogen-bond donors (Lipinski definition) is 1. The first-order valence-electron chi connectivity index (χ1n) is 16.2. The van der Waals surface area contributed by atoms with Gasteiger partial charge in [-0.1, -0.05) is 49.4 Å². The Labute approximate surface area is 272 Å². The minimum absolute atomic E-state index is 0.136. The highest BCUT2D eigenvalue weighted by atomic mass is 16.5. The van der Waals surface area contributed by atoms with Gasteiger partial charge < -0.3 is 29.3 Å². The van der Waals surface area contributed by atoms with Crippen molar-refractivity contribution in [2.24, 2.45) is 17.8 Å². The minimum atomic E-state index is -1.27. The molecular weight excluding hydrogens is 582 g/mol. The van der Waals surface area contributed by atoms with Gasteiger partial charge in [0.05, 0.1) is 36.7 Å². The van der Waals surface area contributed by atoms with Crippen molar-refractivity contribution in [1.82, 2.24) is 9.80 Å². The molecule has 5 rings (SSSR count). The van der Waals surface area contributed by atoms with Crippen LogP contribution in [-0.4, -0.2) is 82.2 Å². The molecule has 3 amide bonds. The summed E-state index contributed by atoms with van der Waals surface area (Å²) < 4.78 is 12.6. The number of likely N-dealkylation sites (tertiary alicyclic amines) is 1. The van der Waals surface area contributed by atoms with Gasteiger partial charge in [0.1, 0.15) is 17.4 Å². The van der Waals surface area contributed by atoms with Gasteiger partial charge in [0.25, 0.3) is 0 Å². The second-order valence-electron chi connectivity index (χ2n) is 13.1. The van der Waals surface area contributed by atoms with E-state index < -0.39 is 41.7 Å². The summed E-state index contributed by atoms with van der Waals surface area (Å²) in [6, 6.07) is 14.5. The number of benzene rings is 2. The molecule has 3 fully saturated rings. The second-order valence-corrected chi connectivity index (χ2v) is 13.1. The lowest BCUT2D eigenvalue weighted by Crippen LogP contribution is -2.58. The monoisotopic (exact) mass is 629 g/mol. The first kappa shape index (κ1) is 33.4. The lowest BCUT2D eigenvalue weighted by atomic mass is 9.62. The summed E-state index contributed by atoms with van der Waals surface area (Å²) in [4.78, 5) is 49.4. The van der Waals surface area contributed by atoms with Gasteiger partial charge in [-0.05, 0) is 69.9 Å². The van der Waals surface area contributed by atoms with E-state index in [0.717, 1.165) is 0 Å². The number of aliphatic hydroxyl groups is 1. The molecule has 1 spiro atoms. The fourth-order valence-electron chi connectivity index (χ4n) is 8.06. The normalized spacial score (nSPS) is 28.6. The van der Waals surface area contributed by atoms with Crippen LogP contribution in [0.15, 0.2) is 79.9 Å². The molecule has 2 bridgehead atoms. The molecule has 9 nitrogen and oxygen atoms in total. The van der Waals surface area contributed by atoms with Crippen molar-refractivity contribution in [3.63, 3.8) is 0 Å². The maximum Gasteiger partial charge on any atom is 0.248 e. The number of rotatable bonds is 13. The Morgan fingerprint density at radius 2 is 1.74 bits per heavy atom. The number of hydrogen-bond acceptors (Lipinski definition) is 6. The average molecular weight is 630 g/mol. The van der Waals surface area contributed by atoms with Crippen LogP contribution < -0.4 is 9.64 Å². The lowest BCUT2D eigenvalue weighted by Gasteiger charge is -2.40. The van der Waals surface area contributed by atoms with Gasteiger partial charge in [-0.2, -0.15) is 0 Å². The predicted molar refractivity (Wildman–Crippen MR) is 177 cm³/mol.